The quantitative estimate of drug-likeness (QED) is 0.563. The standard InChI is InChI=1S/C12H12BrF3O3/c1-7(17)9-4-8(13)5-10(14)12(9)19-3-2-18-6-11(15)16/h4-5,11H,2-3,6H2,1H3. The molecule has 0 aliphatic carbocycles. The Bertz CT molecular complexity index is 452. The Morgan fingerprint density at radius 1 is 1.37 bits per heavy atom. The highest BCUT2D eigenvalue weighted by molar-refractivity contribution is 9.10. The van der Waals surface area contributed by atoms with Crippen LogP contribution in [0.2, 0.25) is 0 Å². The summed E-state index contributed by atoms with van der Waals surface area (Å²) in [7, 11) is 0. The predicted octanol–water partition coefficient (Wildman–Crippen LogP) is 3.45. The largest absolute Gasteiger partial charge is 0.487 e. The number of hydrogen-bond acceptors (Lipinski definition) is 3. The number of rotatable bonds is 7. The van der Waals surface area contributed by atoms with Crippen LogP contribution in [0.5, 0.6) is 5.75 Å². The van der Waals surface area contributed by atoms with E-state index in [1.807, 2.05) is 0 Å². The highest BCUT2D eigenvalue weighted by Crippen LogP contribution is 2.27. The topological polar surface area (TPSA) is 35.5 Å². The molecule has 0 N–H and O–H groups in total. The average Bonchev–Trinajstić information content (AvgIpc) is 2.29. The molecule has 0 saturated heterocycles. The van der Waals surface area contributed by atoms with Crippen LogP contribution in [0.15, 0.2) is 16.6 Å². The van der Waals surface area contributed by atoms with Crippen LogP contribution in [0, 0.1) is 5.82 Å². The van der Waals surface area contributed by atoms with Gasteiger partial charge in [-0.3, -0.25) is 4.79 Å². The number of carbonyl (C=O) groups is 1. The monoisotopic (exact) mass is 340 g/mol. The van der Waals surface area contributed by atoms with Crippen LogP contribution < -0.4 is 4.74 Å². The van der Waals surface area contributed by atoms with E-state index >= 15 is 0 Å². The maximum absolute atomic E-state index is 13.6. The molecule has 0 bridgehead atoms. The van der Waals surface area contributed by atoms with Gasteiger partial charge in [0.25, 0.3) is 6.43 Å². The first-order chi connectivity index (χ1) is 8.91. The minimum absolute atomic E-state index is 0.0840. The molecule has 0 spiro atoms. The van der Waals surface area contributed by atoms with Gasteiger partial charge in [0.2, 0.25) is 0 Å². The third kappa shape index (κ3) is 5.20. The molecular formula is C12H12BrF3O3. The summed E-state index contributed by atoms with van der Waals surface area (Å²) in [5.74, 6) is -1.26. The molecular weight excluding hydrogens is 329 g/mol. The molecule has 19 heavy (non-hydrogen) atoms. The van der Waals surface area contributed by atoms with E-state index in [-0.39, 0.29) is 30.3 Å². The Balaban J connectivity index is 2.64. The minimum atomic E-state index is -2.56. The Hall–Kier alpha value is -1.08. The van der Waals surface area contributed by atoms with Gasteiger partial charge in [0.05, 0.1) is 12.2 Å². The van der Waals surface area contributed by atoms with E-state index in [9.17, 15) is 18.0 Å². The second-order valence-corrected chi connectivity index (χ2v) is 4.55. The minimum Gasteiger partial charge on any atom is -0.487 e. The van der Waals surface area contributed by atoms with Crippen LogP contribution in [0.25, 0.3) is 0 Å². The van der Waals surface area contributed by atoms with E-state index in [0.717, 1.165) is 6.07 Å². The fraction of sp³-hybridized carbons (Fsp3) is 0.417. The normalized spacial score (nSPS) is 10.8. The van der Waals surface area contributed by atoms with Crippen molar-refractivity contribution in [1.82, 2.24) is 0 Å². The summed E-state index contributed by atoms with van der Waals surface area (Å²) in [4.78, 5) is 11.4. The van der Waals surface area contributed by atoms with Crippen LogP contribution >= 0.6 is 15.9 Å². The van der Waals surface area contributed by atoms with Gasteiger partial charge in [-0.25, -0.2) is 13.2 Å². The molecule has 0 unspecified atom stereocenters. The van der Waals surface area contributed by atoms with E-state index in [1.165, 1.54) is 13.0 Å². The summed E-state index contributed by atoms with van der Waals surface area (Å²) in [6.45, 7) is 0.343. The van der Waals surface area contributed by atoms with Crippen LogP contribution in [-0.4, -0.2) is 32.0 Å². The van der Waals surface area contributed by atoms with Crippen molar-refractivity contribution in [3.8, 4) is 5.75 Å². The van der Waals surface area contributed by atoms with Crippen molar-refractivity contribution >= 4 is 21.7 Å². The molecule has 0 aromatic heterocycles. The molecule has 0 saturated carbocycles. The lowest BCUT2D eigenvalue weighted by molar-refractivity contribution is 0.00723. The van der Waals surface area contributed by atoms with E-state index < -0.39 is 18.8 Å². The van der Waals surface area contributed by atoms with Crippen LogP contribution in [0.4, 0.5) is 13.2 Å². The van der Waals surface area contributed by atoms with Gasteiger partial charge in [0.1, 0.15) is 13.2 Å². The van der Waals surface area contributed by atoms with Crippen molar-refractivity contribution in [3.63, 3.8) is 0 Å². The fourth-order valence-electron chi connectivity index (χ4n) is 1.34. The first-order valence-electron chi connectivity index (χ1n) is 5.40. The lowest BCUT2D eigenvalue weighted by atomic mass is 10.1. The zero-order valence-electron chi connectivity index (χ0n) is 10.1. The maximum Gasteiger partial charge on any atom is 0.261 e. The molecule has 106 valence electrons. The van der Waals surface area contributed by atoms with E-state index in [0.29, 0.717) is 4.47 Å². The number of benzene rings is 1. The zero-order valence-corrected chi connectivity index (χ0v) is 11.7. The van der Waals surface area contributed by atoms with Gasteiger partial charge in [-0.1, -0.05) is 15.9 Å². The molecule has 1 rings (SSSR count). The smallest absolute Gasteiger partial charge is 0.261 e. The molecule has 7 heteroatoms. The van der Waals surface area contributed by atoms with Gasteiger partial charge < -0.3 is 9.47 Å². The number of ether oxygens (including phenoxy) is 2. The SMILES string of the molecule is CC(=O)c1cc(Br)cc(F)c1OCCOCC(F)F. The number of Topliss-reactive ketones (excluding diaryl/α,β-unsaturated/α-hetero) is 1. The van der Waals surface area contributed by atoms with Gasteiger partial charge >= 0.3 is 0 Å². The molecule has 0 radical (unpaired) electrons. The van der Waals surface area contributed by atoms with Gasteiger partial charge in [-0.05, 0) is 19.1 Å². The summed E-state index contributed by atoms with van der Waals surface area (Å²) < 4.78 is 47.3. The number of halogens is 4. The second kappa shape index (κ2) is 7.49. The Morgan fingerprint density at radius 2 is 2.05 bits per heavy atom. The molecule has 0 aliphatic heterocycles. The molecule has 0 aliphatic rings. The highest BCUT2D eigenvalue weighted by atomic mass is 79.9. The first kappa shape index (κ1) is 16.0. The molecule has 0 fully saturated rings. The third-order valence-corrected chi connectivity index (χ3v) is 2.56. The van der Waals surface area contributed by atoms with Crippen molar-refractivity contribution in [1.29, 1.82) is 0 Å². The van der Waals surface area contributed by atoms with Crippen LogP contribution in [0.3, 0.4) is 0 Å². The first-order valence-corrected chi connectivity index (χ1v) is 6.19. The van der Waals surface area contributed by atoms with E-state index in [2.05, 4.69) is 20.7 Å². The third-order valence-electron chi connectivity index (χ3n) is 2.11. The average molecular weight is 341 g/mol. The molecule has 0 heterocycles. The summed E-state index contributed by atoms with van der Waals surface area (Å²) >= 11 is 3.07. The molecule has 1 aromatic carbocycles. The highest BCUT2D eigenvalue weighted by Gasteiger charge is 2.15. The molecule has 0 atom stereocenters. The van der Waals surface area contributed by atoms with Gasteiger partial charge in [-0.2, -0.15) is 0 Å². The summed E-state index contributed by atoms with van der Waals surface area (Å²) in [6.07, 6.45) is -2.56. The number of alkyl halides is 2. The summed E-state index contributed by atoms with van der Waals surface area (Å²) in [5.41, 5.74) is 0.0840. The van der Waals surface area contributed by atoms with Crippen molar-refractivity contribution in [2.45, 2.75) is 13.3 Å². The predicted molar refractivity (Wildman–Crippen MR) is 66.4 cm³/mol. The lowest BCUT2D eigenvalue weighted by Gasteiger charge is -2.11. The van der Waals surface area contributed by atoms with Crippen LogP contribution in [0.1, 0.15) is 17.3 Å². The molecule has 1 aromatic rings. The van der Waals surface area contributed by atoms with Crippen molar-refractivity contribution in [2.75, 3.05) is 19.8 Å². The maximum atomic E-state index is 13.6. The molecule has 3 nitrogen and oxygen atoms in total. The lowest BCUT2D eigenvalue weighted by Crippen LogP contribution is -2.13. The van der Waals surface area contributed by atoms with E-state index in [1.54, 1.807) is 0 Å². The van der Waals surface area contributed by atoms with Gasteiger partial charge in [0.15, 0.2) is 17.3 Å². The van der Waals surface area contributed by atoms with Gasteiger partial charge in [0, 0.05) is 4.47 Å². The molecule has 0 amide bonds. The Kier molecular flexibility index (Phi) is 6.30. The zero-order chi connectivity index (χ0) is 14.4. The van der Waals surface area contributed by atoms with Crippen molar-refractivity contribution < 1.29 is 27.4 Å². The Morgan fingerprint density at radius 3 is 2.63 bits per heavy atom. The van der Waals surface area contributed by atoms with Crippen molar-refractivity contribution in [2.24, 2.45) is 0 Å². The summed E-state index contributed by atoms with van der Waals surface area (Å²) in [6, 6.07) is 2.59. The second-order valence-electron chi connectivity index (χ2n) is 3.63. The fourth-order valence-corrected chi connectivity index (χ4v) is 1.77. The number of hydrogen-bond donors (Lipinski definition) is 0. The Labute approximate surface area is 116 Å². The van der Waals surface area contributed by atoms with Crippen molar-refractivity contribution in [3.05, 3.63) is 28.0 Å². The summed E-state index contributed by atoms with van der Waals surface area (Å²) in [5, 5.41) is 0. The van der Waals surface area contributed by atoms with Crippen LogP contribution in [-0.2, 0) is 4.74 Å². The van der Waals surface area contributed by atoms with E-state index in [4.69, 9.17) is 4.74 Å². The van der Waals surface area contributed by atoms with Gasteiger partial charge in [-0.15, -0.1) is 0 Å². The number of carbonyl (C=O) groups excluding carboxylic acids is 1. The number of ketones is 1.